The number of thiazole rings is 1. The summed E-state index contributed by atoms with van der Waals surface area (Å²) in [6.07, 6.45) is 3.24. The van der Waals surface area contributed by atoms with E-state index in [2.05, 4.69) is 15.4 Å². The van der Waals surface area contributed by atoms with E-state index in [1.54, 1.807) is 54.1 Å². The van der Waals surface area contributed by atoms with E-state index in [4.69, 9.17) is 9.47 Å². The van der Waals surface area contributed by atoms with E-state index in [1.807, 2.05) is 13.8 Å². The molecule has 1 aliphatic heterocycles. The number of carbonyl (C=O) groups is 2. The first-order valence-electron chi connectivity index (χ1n) is 10.3. The van der Waals surface area contributed by atoms with Crippen molar-refractivity contribution in [2.45, 2.75) is 32.8 Å². The van der Waals surface area contributed by atoms with E-state index in [0.717, 1.165) is 18.5 Å². The molecular formula is C22H25N5O4S. The van der Waals surface area contributed by atoms with E-state index in [9.17, 15) is 9.59 Å². The summed E-state index contributed by atoms with van der Waals surface area (Å²) in [6.45, 7) is 4.52. The third-order valence-corrected chi connectivity index (χ3v) is 5.76. The third-order valence-electron chi connectivity index (χ3n) is 4.80. The van der Waals surface area contributed by atoms with E-state index in [-0.39, 0.29) is 17.9 Å². The molecule has 1 N–H and O–H groups in total. The van der Waals surface area contributed by atoms with E-state index >= 15 is 0 Å². The molecule has 9 nitrogen and oxygen atoms in total. The minimum atomic E-state index is -0.338. The number of carbonyl (C=O) groups excluding carboxylic acids is 2. The van der Waals surface area contributed by atoms with Crippen molar-refractivity contribution in [2.24, 2.45) is 7.05 Å². The maximum absolute atomic E-state index is 12.8. The van der Waals surface area contributed by atoms with Crippen LogP contribution in [0.15, 0.2) is 30.5 Å². The highest BCUT2D eigenvalue weighted by Crippen LogP contribution is 2.34. The molecule has 2 amide bonds. The van der Waals surface area contributed by atoms with Gasteiger partial charge in [0.2, 0.25) is 0 Å². The van der Waals surface area contributed by atoms with Crippen molar-refractivity contribution < 1.29 is 19.1 Å². The molecule has 1 aliphatic rings. The van der Waals surface area contributed by atoms with Gasteiger partial charge in [-0.05, 0) is 38.8 Å². The van der Waals surface area contributed by atoms with Gasteiger partial charge in [-0.3, -0.25) is 14.3 Å². The molecule has 0 spiro atoms. The maximum Gasteiger partial charge on any atom is 0.279 e. The largest absolute Gasteiger partial charge is 0.491 e. The van der Waals surface area contributed by atoms with Gasteiger partial charge >= 0.3 is 0 Å². The summed E-state index contributed by atoms with van der Waals surface area (Å²) in [7, 11) is 3.56. The van der Waals surface area contributed by atoms with Gasteiger partial charge in [0.1, 0.15) is 16.4 Å². The van der Waals surface area contributed by atoms with Crippen molar-refractivity contribution >= 4 is 29.0 Å². The average molecular weight is 456 g/mol. The van der Waals surface area contributed by atoms with Crippen molar-refractivity contribution in [1.29, 1.82) is 0 Å². The number of hydrogen-bond donors (Lipinski definition) is 1. The van der Waals surface area contributed by atoms with Crippen LogP contribution in [0.3, 0.4) is 0 Å². The monoisotopic (exact) mass is 455 g/mol. The lowest BCUT2D eigenvalue weighted by Gasteiger charge is -2.13. The Labute approximate surface area is 190 Å². The first-order chi connectivity index (χ1) is 15.3. The van der Waals surface area contributed by atoms with Gasteiger partial charge in [0, 0.05) is 44.5 Å². The zero-order chi connectivity index (χ0) is 22.8. The van der Waals surface area contributed by atoms with Crippen molar-refractivity contribution in [3.8, 4) is 16.7 Å². The fraction of sp³-hybridized carbons (Fsp3) is 0.364. The number of rotatable bonds is 6. The standard InChI is InChI=1S/C22H25N5O4S/c1-13(2)30-15-10-14(20(28)24-18-7-9-27(4)25-18)11-16(12-15)31-22-23-17-6-5-8-26(3)21(29)19(17)32-22/h7,9-13H,5-6,8H2,1-4H3,(H,24,25,28). The van der Waals surface area contributed by atoms with Gasteiger partial charge in [0.05, 0.1) is 11.8 Å². The number of nitrogens with zero attached hydrogens (tertiary/aromatic N) is 4. The minimum absolute atomic E-state index is 0.0443. The summed E-state index contributed by atoms with van der Waals surface area (Å²) in [5, 5.41) is 7.29. The molecule has 0 saturated heterocycles. The third kappa shape index (κ3) is 4.91. The Balaban J connectivity index is 1.61. The Morgan fingerprint density at radius 3 is 2.72 bits per heavy atom. The van der Waals surface area contributed by atoms with Gasteiger partial charge in [-0.1, -0.05) is 11.3 Å². The van der Waals surface area contributed by atoms with Crippen molar-refractivity contribution in [3.63, 3.8) is 0 Å². The molecule has 4 rings (SSSR count). The highest BCUT2D eigenvalue weighted by atomic mass is 32.1. The van der Waals surface area contributed by atoms with Crippen LogP contribution < -0.4 is 14.8 Å². The van der Waals surface area contributed by atoms with Crippen LogP contribution >= 0.6 is 11.3 Å². The summed E-state index contributed by atoms with van der Waals surface area (Å²) in [6, 6.07) is 6.69. The molecule has 0 unspecified atom stereocenters. The van der Waals surface area contributed by atoms with Gasteiger partial charge in [-0.2, -0.15) is 5.10 Å². The fourth-order valence-corrected chi connectivity index (χ4v) is 4.32. The van der Waals surface area contributed by atoms with Gasteiger partial charge in [0.15, 0.2) is 5.82 Å². The van der Waals surface area contributed by atoms with Gasteiger partial charge < -0.3 is 19.7 Å². The molecule has 0 fully saturated rings. The molecule has 0 radical (unpaired) electrons. The van der Waals surface area contributed by atoms with Crippen LogP contribution in [0.4, 0.5) is 5.82 Å². The minimum Gasteiger partial charge on any atom is -0.491 e. The second-order valence-electron chi connectivity index (χ2n) is 7.88. The smallest absolute Gasteiger partial charge is 0.279 e. The summed E-state index contributed by atoms with van der Waals surface area (Å²) >= 11 is 1.22. The zero-order valence-electron chi connectivity index (χ0n) is 18.4. The number of aromatic nitrogens is 3. The quantitative estimate of drug-likeness (QED) is 0.608. The second-order valence-corrected chi connectivity index (χ2v) is 8.84. The molecule has 2 aromatic heterocycles. The van der Waals surface area contributed by atoms with Gasteiger partial charge in [-0.15, -0.1) is 0 Å². The average Bonchev–Trinajstić information content (AvgIpc) is 3.29. The zero-order valence-corrected chi connectivity index (χ0v) is 19.2. The first-order valence-corrected chi connectivity index (χ1v) is 11.2. The van der Waals surface area contributed by atoms with Crippen LogP contribution in [0.2, 0.25) is 0 Å². The lowest BCUT2D eigenvalue weighted by molar-refractivity contribution is 0.0804. The summed E-state index contributed by atoms with van der Waals surface area (Å²) < 4.78 is 13.4. The predicted molar refractivity (Wildman–Crippen MR) is 121 cm³/mol. The topological polar surface area (TPSA) is 98.6 Å². The van der Waals surface area contributed by atoms with E-state index < -0.39 is 0 Å². The molecular weight excluding hydrogens is 430 g/mol. The number of fused-ring (bicyclic) bond motifs is 1. The molecule has 0 saturated carbocycles. The number of hydrogen-bond acceptors (Lipinski definition) is 7. The molecule has 0 atom stereocenters. The van der Waals surface area contributed by atoms with Crippen molar-refractivity contribution in [1.82, 2.24) is 19.7 Å². The molecule has 32 heavy (non-hydrogen) atoms. The summed E-state index contributed by atoms with van der Waals surface area (Å²) in [5.74, 6) is 0.963. The first kappa shape index (κ1) is 21.8. The van der Waals surface area contributed by atoms with Crippen LogP contribution in [-0.4, -0.2) is 51.2 Å². The Kier molecular flexibility index (Phi) is 6.13. The number of anilines is 1. The van der Waals surface area contributed by atoms with E-state index in [1.165, 1.54) is 11.3 Å². The Morgan fingerprint density at radius 2 is 2.00 bits per heavy atom. The maximum atomic E-state index is 12.8. The highest BCUT2D eigenvalue weighted by Gasteiger charge is 2.25. The normalized spacial score (nSPS) is 13.7. The molecule has 3 heterocycles. The molecule has 10 heteroatoms. The van der Waals surface area contributed by atoms with Gasteiger partial charge in [-0.25, -0.2) is 4.98 Å². The van der Waals surface area contributed by atoms with Crippen LogP contribution in [0.5, 0.6) is 16.7 Å². The number of benzene rings is 1. The SMILES string of the molecule is CC(C)Oc1cc(Oc2nc3c(s2)C(=O)N(C)CCC3)cc(C(=O)Nc2ccn(C)n2)c1. The fourth-order valence-electron chi connectivity index (χ4n) is 3.34. The van der Waals surface area contributed by atoms with E-state index in [0.29, 0.717) is 39.5 Å². The van der Waals surface area contributed by atoms with Crippen molar-refractivity contribution in [2.75, 3.05) is 18.9 Å². The number of amides is 2. The van der Waals surface area contributed by atoms with Gasteiger partial charge in [0.25, 0.3) is 17.0 Å². The summed E-state index contributed by atoms with van der Waals surface area (Å²) in [5.41, 5.74) is 1.11. The predicted octanol–water partition coefficient (Wildman–Crippen LogP) is 3.73. The molecule has 3 aromatic rings. The molecule has 168 valence electrons. The van der Waals surface area contributed by atoms with Crippen LogP contribution in [0.1, 0.15) is 46.0 Å². The second kappa shape index (κ2) is 8.99. The van der Waals surface area contributed by atoms with Crippen LogP contribution in [0.25, 0.3) is 0 Å². The summed E-state index contributed by atoms with van der Waals surface area (Å²) in [4.78, 5) is 32.2. The number of nitrogens with one attached hydrogen (secondary N) is 1. The molecule has 0 aliphatic carbocycles. The lowest BCUT2D eigenvalue weighted by Crippen LogP contribution is -2.25. The highest BCUT2D eigenvalue weighted by molar-refractivity contribution is 7.15. The Hall–Kier alpha value is -3.40. The lowest BCUT2D eigenvalue weighted by atomic mass is 10.2. The Morgan fingerprint density at radius 1 is 1.22 bits per heavy atom. The number of aryl methyl sites for hydroxylation is 2. The van der Waals surface area contributed by atoms with Crippen LogP contribution in [-0.2, 0) is 13.5 Å². The Bertz CT molecular complexity index is 1150. The van der Waals surface area contributed by atoms with Crippen molar-refractivity contribution in [3.05, 3.63) is 46.6 Å². The van der Waals surface area contributed by atoms with Crippen LogP contribution in [0, 0.1) is 0 Å². The molecule has 1 aromatic carbocycles. The number of ether oxygens (including phenoxy) is 2. The molecule has 0 bridgehead atoms.